The number of carbonyl (C=O) groups is 2. The molecule has 1 saturated carbocycles. The summed E-state index contributed by atoms with van der Waals surface area (Å²) in [6.45, 7) is 0. The third-order valence-electron chi connectivity index (χ3n) is 4.40. The van der Waals surface area contributed by atoms with Crippen molar-refractivity contribution in [2.75, 3.05) is 0 Å². The van der Waals surface area contributed by atoms with Gasteiger partial charge < -0.3 is 10.4 Å². The van der Waals surface area contributed by atoms with Gasteiger partial charge in [0.1, 0.15) is 0 Å². The lowest BCUT2D eigenvalue weighted by atomic mass is 9.94. The largest absolute Gasteiger partial charge is 0.478 e. The first-order chi connectivity index (χ1) is 11.1. The van der Waals surface area contributed by atoms with Crippen molar-refractivity contribution in [3.63, 3.8) is 0 Å². The first-order valence-corrected chi connectivity index (χ1v) is 8.62. The second-order valence-corrected chi connectivity index (χ2v) is 6.79. The van der Waals surface area contributed by atoms with Crippen LogP contribution in [0.4, 0.5) is 0 Å². The Morgan fingerprint density at radius 1 is 1.04 bits per heavy atom. The smallest absolute Gasteiger partial charge is 0.336 e. The lowest BCUT2D eigenvalue weighted by Gasteiger charge is -2.23. The molecule has 2 aromatic carbocycles. The molecule has 1 fully saturated rings. The average molecular weight is 376 g/mol. The van der Waals surface area contributed by atoms with Gasteiger partial charge in [-0.25, -0.2) is 4.79 Å². The minimum atomic E-state index is -1.03. The molecule has 1 aliphatic carbocycles. The fourth-order valence-electron chi connectivity index (χ4n) is 3.25. The zero-order chi connectivity index (χ0) is 16.4. The monoisotopic (exact) mass is 375 g/mol. The Kier molecular flexibility index (Phi) is 4.66. The lowest BCUT2D eigenvalue weighted by molar-refractivity contribution is 0.0699. The topological polar surface area (TPSA) is 66.4 Å². The van der Waals surface area contributed by atoms with Crippen molar-refractivity contribution in [2.24, 2.45) is 0 Å². The van der Waals surface area contributed by atoms with Gasteiger partial charge in [-0.2, -0.15) is 0 Å². The van der Waals surface area contributed by atoms with Crippen molar-refractivity contribution in [1.82, 2.24) is 5.32 Å². The number of carboxylic acids is 1. The van der Waals surface area contributed by atoms with E-state index in [1.807, 2.05) is 6.07 Å². The van der Waals surface area contributed by atoms with Crippen molar-refractivity contribution >= 4 is 38.6 Å². The molecule has 0 unspecified atom stereocenters. The van der Waals surface area contributed by atoms with Crippen molar-refractivity contribution in [3.8, 4) is 0 Å². The van der Waals surface area contributed by atoms with Crippen molar-refractivity contribution < 1.29 is 14.7 Å². The summed E-state index contributed by atoms with van der Waals surface area (Å²) < 4.78 is 0.782. The number of nitrogens with one attached hydrogen (secondary N) is 1. The number of aromatic carboxylic acids is 1. The van der Waals surface area contributed by atoms with Crippen molar-refractivity contribution in [2.45, 2.75) is 38.1 Å². The highest BCUT2D eigenvalue weighted by molar-refractivity contribution is 9.10. The highest BCUT2D eigenvalue weighted by Crippen LogP contribution is 2.30. The predicted octanol–water partition coefficient (Wildman–Crippen LogP) is 4.36. The van der Waals surface area contributed by atoms with E-state index in [9.17, 15) is 14.7 Å². The Hall–Kier alpha value is -1.88. The third-order valence-corrected chi connectivity index (χ3v) is 5.09. The molecule has 0 bridgehead atoms. The maximum atomic E-state index is 12.7. The summed E-state index contributed by atoms with van der Waals surface area (Å²) in [6.07, 6.45) is 5.47. The van der Waals surface area contributed by atoms with E-state index in [1.54, 1.807) is 18.2 Å². The van der Waals surface area contributed by atoms with Gasteiger partial charge in [-0.05, 0) is 36.4 Å². The fourth-order valence-corrected chi connectivity index (χ4v) is 3.71. The zero-order valence-corrected chi connectivity index (χ0v) is 14.2. The number of hydrogen-bond donors (Lipinski definition) is 2. The summed E-state index contributed by atoms with van der Waals surface area (Å²) in [7, 11) is 0. The van der Waals surface area contributed by atoms with Gasteiger partial charge in [0.05, 0.1) is 5.56 Å². The zero-order valence-electron chi connectivity index (χ0n) is 12.6. The molecule has 5 heteroatoms. The second kappa shape index (κ2) is 6.71. The molecule has 0 heterocycles. The van der Waals surface area contributed by atoms with Gasteiger partial charge in [0.25, 0.3) is 5.91 Å². The summed E-state index contributed by atoms with van der Waals surface area (Å²) in [4.78, 5) is 24.2. The van der Waals surface area contributed by atoms with Crippen LogP contribution in [0.15, 0.2) is 34.8 Å². The summed E-state index contributed by atoms with van der Waals surface area (Å²) in [6, 6.07) is 8.73. The highest BCUT2D eigenvalue weighted by atomic mass is 79.9. The minimum Gasteiger partial charge on any atom is -0.478 e. The molecule has 1 aliphatic rings. The molecule has 0 spiro atoms. The predicted molar refractivity (Wildman–Crippen MR) is 92.9 cm³/mol. The molecule has 0 aromatic heterocycles. The van der Waals surface area contributed by atoms with E-state index in [2.05, 4.69) is 21.2 Å². The SMILES string of the molecule is O=C(O)c1cccc2c(Br)ccc(C(=O)NC3CCCCC3)c12. The standard InChI is InChI=1S/C18H18BrNO3/c19-15-10-9-13(17(21)20-11-5-2-1-3-6-11)16-12(15)7-4-8-14(16)18(22)23/h4,7-11H,1-3,5-6H2,(H,20,21)(H,22,23). The van der Waals surface area contributed by atoms with Crippen LogP contribution < -0.4 is 5.32 Å². The van der Waals surface area contributed by atoms with Crippen LogP contribution in [0.3, 0.4) is 0 Å². The second-order valence-electron chi connectivity index (χ2n) is 5.94. The Morgan fingerprint density at radius 2 is 1.78 bits per heavy atom. The first kappa shape index (κ1) is 16.0. The summed E-state index contributed by atoms with van der Waals surface area (Å²) in [5, 5.41) is 13.7. The average Bonchev–Trinajstić information content (AvgIpc) is 2.55. The number of hydrogen-bond acceptors (Lipinski definition) is 2. The molecule has 3 rings (SSSR count). The third kappa shape index (κ3) is 3.24. The molecule has 0 radical (unpaired) electrons. The van der Waals surface area contributed by atoms with Crippen molar-refractivity contribution in [3.05, 3.63) is 45.9 Å². The molecule has 4 nitrogen and oxygen atoms in total. The number of benzene rings is 2. The van der Waals surface area contributed by atoms with Crippen LogP contribution in [0.5, 0.6) is 0 Å². The molecule has 2 aromatic rings. The van der Waals surface area contributed by atoms with E-state index >= 15 is 0 Å². The van der Waals surface area contributed by atoms with E-state index in [-0.39, 0.29) is 17.5 Å². The summed E-state index contributed by atoms with van der Waals surface area (Å²) in [5.74, 6) is -1.22. The number of rotatable bonds is 3. The van der Waals surface area contributed by atoms with E-state index in [1.165, 1.54) is 12.5 Å². The summed E-state index contributed by atoms with van der Waals surface area (Å²) >= 11 is 3.44. The molecule has 0 aliphatic heterocycles. The number of carbonyl (C=O) groups excluding carboxylic acids is 1. The molecule has 23 heavy (non-hydrogen) atoms. The number of carboxylic acid groups (broad SMARTS) is 1. The van der Waals surface area contributed by atoms with Gasteiger partial charge in [0, 0.05) is 21.5 Å². The van der Waals surface area contributed by atoms with Crippen LogP contribution in [0.2, 0.25) is 0 Å². The van der Waals surface area contributed by atoms with Crippen LogP contribution in [-0.4, -0.2) is 23.0 Å². The fraction of sp³-hybridized carbons (Fsp3) is 0.333. The number of fused-ring (bicyclic) bond motifs is 1. The van der Waals surface area contributed by atoms with Crippen LogP contribution in [-0.2, 0) is 0 Å². The molecule has 120 valence electrons. The molecular formula is C18H18BrNO3. The van der Waals surface area contributed by atoms with Crippen molar-refractivity contribution in [1.29, 1.82) is 0 Å². The number of amides is 1. The Balaban J connectivity index is 2.04. The quantitative estimate of drug-likeness (QED) is 0.836. The highest BCUT2D eigenvalue weighted by Gasteiger charge is 2.21. The maximum absolute atomic E-state index is 12.7. The molecular weight excluding hydrogens is 358 g/mol. The van der Waals surface area contributed by atoms with Crippen LogP contribution in [0, 0.1) is 0 Å². The van der Waals surface area contributed by atoms with E-state index in [4.69, 9.17) is 0 Å². The first-order valence-electron chi connectivity index (χ1n) is 7.83. The van der Waals surface area contributed by atoms with E-state index in [0.717, 1.165) is 35.5 Å². The Morgan fingerprint density at radius 3 is 2.48 bits per heavy atom. The molecule has 0 atom stereocenters. The van der Waals surface area contributed by atoms with Gasteiger partial charge in [0.2, 0.25) is 0 Å². The van der Waals surface area contributed by atoms with Gasteiger partial charge in [0.15, 0.2) is 0 Å². The molecule has 2 N–H and O–H groups in total. The van der Waals surface area contributed by atoms with Crippen LogP contribution in [0.25, 0.3) is 10.8 Å². The molecule has 0 saturated heterocycles. The Bertz CT molecular complexity index is 766. The minimum absolute atomic E-state index is 0.151. The van der Waals surface area contributed by atoms with Gasteiger partial charge >= 0.3 is 5.97 Å². The van der Waals surface area contributed by atoms with Gasteiger partial charge in [-0.15, -0.1) is 0 Å². The van der Waals surface area contributed by atoms with Gasteiger partial charge in [-0.3, -0.25) is 4.79 Å². The van der Waals surface area contributed by atoms with Gasteiger partial charge in [-0.1, -0.05) is 47.3 Å². The lowest BCUT2D eigenvalue weighted by Crippen LogP contribution is -2.36. The van der Waals surface area contributed by atoms with E-state index in [0.29, 0.717) is 10.9 Å². The normalized spacial score (nSPS) is 15.5. The molecule has 1 amide bonds. The maximum Gasteiger partial charge on any atom is 0.336 e. The number of halogens is 1. The van der Waals surface area contributed by atoms with Crippen LogP contribution in [0.1, 0.15) is 52.8 Å². The van der Waals surface area contributed by atoms with E-state index < -0.39 is 5.97 Å². The Labute approximate surface area is 143 Å². The van der Waals surface area contributed by atoms with Crippen LogP contribution >= 0.6 is 15.9 Å². The summed E-state index contributed by atoms with van der Waals surface area (Å²) in [5.41, 5.74) is 0.573.